The van der Waals surface area contributed by atoms with Gasteiger partial charge in [0.05, 0.1) is 0 Å². The molecule has 2 unspecified atom stereocenters. The zero-order valence-corrected chi connectivity index (χ0v) is 17.3. The van der Waals surface area contributed by atoms with Crippen LogP contribution in [0, 0.1) is 23.2 Å². The van der Waals surface area contributed by atoms with Gasteiger partial charge in [0.2, 0.25) is 5.91 Å². The number of primary amides is 1. The Labute approximate surface area is 175 Å². The minimum atomic E-state index is -0.329. The van der Waals surface area contributed by atoms with Crippen molar-refractivity contribution in [2.75, 3.05) is 0 Å². The van der Waals surface area contributed by atoms with E-state index in [4.69, 9.17) is 17.3 Å². The summed E-state index contributed by atoms with van der Waals surface area (Å²) < 4.78 is 1.93. The van der Waals surface area contributed by atoms with Gasteiger partial charge >= 0.3 is 0 Å². The number of benzene rings is 1. The lowest BCUT2D eigenvalue weighted by Gasteiger charge is -2.58. The number of rotatable bonds is 4. The third-order valence-electron chi connectivity index (χ3n) is 7.59. The number of nitrogens with one attached hydrogen (secondary N) is 1. The number of hydrogen-bond acceptors (Lipinski definition) is 2. The highest BCUT2D eigenvalue weighted by Crippen LogP contribution is 2.59. The van der Waals surface area contributed by atoms with E-state index in [1.54, 1.807) is 0 Å². The van der Waals surface area contributed by atoms with E-state index in [1.807, 2.05) is 48.0 Å². The van der Waals surface area contributed by atoms with Crippen LogP contribution in [-0.4, -0.2) is 22.4 Å². The number of aromatic nitrogens is 1. The molecule has 152 valence electrons. The molecule has 0 aliphatic heterocycles. The van der Waals surface area contributed by atoms with E-state index < -0.39 is 0 Å². The van der Waals surface area contributed by atoms with Crippen molar-refractivity contribution in [3.05, 3.63) is 47.1 Å². The lowest BCUT2D eigenvalue weighted by Crippen LogP contribution is -2.62. The second kappa shape index (κ2) is 6.63. The third kappa shape index (κ3) is 2.98. The molecule has 1 aromatic carbocycles. The van der Waals surface area contributed by atoms with Gasteiger partial charge in [-0.3, -0.25) is 9.59 Å². The highest BCUT2D eigenvalue weighted by Gasteiger charge is 2.58. The van der Waals surface area contributed by atoms with Gasteiger partial charge in [-0.15, -0.1) is 0 Å². The summed E-state index contributed by atoms with van der Waals surface area (Å²) in [5.74, 6) is 1.11. The Kier molecular flexibility index (Phi) is 4.28. The summed E-state index contributed by atoms with van der Waals surface area (Å²) >= 11 is 5.99. The Morgan fingerprint density at radius 3 is 2.34 bits per heavy atom. The maximum Gasteiger partial charge on any atom is 0.268 e. The van der Waals surface area contributed by atoms with Gasteiger partial charge in [0.1, 0.15) is 5.69 Å². The van der Waals surface area contributed by atoms with Crippen LogP contribution in [0.15, 0.2) is 36.4 Å². The largest absolute Gasteiger partial charge is 0.369 e. The van der Waals surface area contributed by atoms with Gasteiger partial charge in [-0.1, -0.05) is 23.7 Å². The fourth-order valence-corrected chi connectivity index (χ4v) is 6.56. The number of hydrogen-bond donors (Lipinski definition) is 2. The Balaban J connectivity index is 1.36. The Morgan fingerprint density at radius 1 is 1.07 bits per heavy atom. The van der Waals surface area contributed by atoms with Crippen LogP contribution in [0.3, 0.4) is 0 Å². The summed E-state index contributed by atoms with van der Waals surface area (Å²) in [6.45, 7) is 0. The molecule has 4 aliphatic rings. The molecule has 2 atom stereocenters. The summed E-state index contributed by atoms with van der Waals surface area (Å²) in [4.78, 5) is 25.3. The molecule has 6 rings (SSSR count). The van der Waals surface area contributed by atoms with Gasteiger partial charge in [0.25, 0.3) is 5.91 Å². The number of nitrogens with two attached hydrogens (primary N) is 1. The van der Waals surface area contributed by atoms with Gasteiger partial charge in [-0.05, 0) is 79.7 Å². The minimum Gasteiger partial charge on any atom is -0.369 e. The highest BCUT2D eigenvalue weighted by atomic mass is 35.5. The van der Waals surface area contributed by atoms with Crippen LogP contribution < -0.4 is 11.1 Å². The van der Waals surface area contributed by atoms with Crippen molar-refractivity contribution >= 4 is 23.4 Å². The molecule has 2 aromatic rings. The first-order chi connectivity index (χ1) is 13.9. The molecule has 3 N–H and O–H groups in total. The molecule has 0 radical (unpaired) electrons. The lowest BCUT2D eigenvalue weighted by molar-refractivity contribution is -0.145. The van der Waals surface area contributed by atoms with Crippen molar-refractivity contribution in [3.63, 3.8) is 0 Å². The van der Waals surface area contributed by atoms with Crippen LogP contribution >= 0.6 is 11.6 Å². The molecular weight excluding hydrogens is 386 g/mol. The second-order valence-electron chi connectivity index (χ2n) is 9.28. The molecule has 1 aromatic heterocycles. The van der Waals surface area contributed by atoms with Crippen molar-refractivity contribution in [2.24, 2.45) is 36.0 Å². The average Bonchev–Trinajstić information content (AvgIpc) is 3.06. The van der Waals surface area contributed by atoms with E-state index >= 15 is 0 Å². The Bertz CT molecular complexity index is 965. The normalized spacial score (nSPS) is 32.3. The van der Waals surface area contributed by atoms with Crippen molar-refractivity contribution in [1.82, 2.24) is 9.88 Å². The molecule has 29 heavy (non-hydrogen) atoms. The summed E-state index contributed by atoms with van der Waals surface area (Å²) in [5.41, 5.74) is 8.10. The first-order valence-electron chi connectivity index (χ1n) is 10.4. The van der Waals surface area contributed by atoms with E-state index in [9.17, 15) is 9.59 Å². The van der Waals surface area contributed by atoms with E-state index in [2.05, 4.69) is 5.32 Å². The lowest BCUT2D eigenvalue weighted by atomic mass is 9.47. The topological polar surface area (TPSA) is 77.1 Å². The van der Waals surface area contributed by atoms with Crippen LogP contribution in [0.2, 0.25) is 5.02 Å². The number of nitrogens with zero attached hydrogens (tertiary/aromatic N) is 1. The molecule has 0 saturated heterocycles. The highest BCUT2D eigenvalue weighted by molar-refractivity contribution is 6.30. The van der Waals surface area contributed by atoms with Gasteiger partial charge < -0.3 is 15.6 Å². The minimum absolute atomic E-state index is 0.0432. The zero-order chi connectivity index (χ0) is 20.3. The number of amides is 2. The first kappa shape index (κ1) is 18.7. The number of carbonyl (C=O) groups is 2. The number of halogens is 1. The maximum atomic E-state index is 13.1. The SMILES string of the molecule is Cn1c(C(=O)N[C@H]2C3CC4CC2C[C@](C(N)=O)(C4)C3)ccc1-c1ccc(Cl)cc1. The summed E-state index contributed by atoms with van der Waals surface area (Å²) in [7, 11) is 1.91. The molecule has 2 amide bonds. The van der Waals surface area contributed by atoms with Gasteiger partial charge in [-0.2, -0.15) is 0 Å². The van der Waals surface area contributed by atoms with Crippen molar-refractivity contribution in [1.29, 1.82) is 0 Å². The zero-order valence-electron chi connectivity index (χ0n) is 16.5. The molecule has 6 heteroatoms. The van der Waals surface area contributed by atoms with Crippen LogP contribution in [0.5, 0.6) is 0 Å². The van der Waals surface area contributed by atoms with Crippen LogP contribution in [-0.2, 0) is 11.8 Å². The Hall–Kier alpha value is -2.27. The molecule has 4 fully saturated rings. The predicted molar refractivity (Wildman–Crippen MR) is 112 cm³/mol. The first-order valence-corrected chi connectivity index (χ1v) is 10.8. The quantitative estimate of drug-likeness (QED) is 0.803. The van der Waals surface area contributed by atoms with E-state index in [1.165, 1.54) is 0 Å². The van der Waals surface area contributed by atoms with E-state index in [0.29, 0.717) is 28.5 Å². The van der Waals surface area contributed by atoms with Crippen molar-refractivity contribution < 1.29 is 9.59 Å². The van der Waals surface area contributed by atoms with Crippen LogP contribution in [0.25, 0.3) is 11.3 Å². The average molecular weight is 412 g/mol. The standard InChI is InChI=1S/C23H26ClN3O2/c1-27-18(14-2-4-17(24)5-3-14)6-7-19(27)21(28)26-20-15-8-13-9-16(20)12-23(10-13,11-15)22(25)29/h2-7,13,15-16,20H,8-12H2,1H3,(H2,25,29)(H,26,28)/t13?,15?,16?,20-,23-. The van der Waals surface area contributed by atoms with Gasteiger partial charge in [-0.25, -0.2) is 0 Å². The van der Waals surface area contributed by atoms with E-state index in [-0.39, 0.29) is 23.3 Å². The number of carbonyl (C=O) groups excluding carboxylic acids is 2. The fraction of sp³-hybridized carbons (Fsp3) is 0.478. The maximum absolute atomic E-state index is 13.1. The summed E-state index contributed by atoms with van der Waals surface area (Å²) in [6, 6.07) is 11.6. The smallest absolute Gasteiger partial charge is 0.268 e. The Morgan fingerprint density at radius 2 is 1.72 bits per heavy atom. The van der Waals surface area contributed by atoms with E-state index in [0.717, 1.165) is 43.4 Å². The molecule has 4 saturated carbocycles. The molecule has 0 spiro atoms. The summed E-state index contributed by atoms with van der Waals surface area (Å²) in [6.07, 6.45) is 4.78. The summed E-state index contributed by atoms with van der Waals surface area (Å²) in [5, 5.41) is 4.01. The monoisotopic (exact) mass is 411 g/mol. The van der Waals surface area contributed by atoms with Gasteiger partial charge in [0, 0.05) is 29.2 Å². The van der Waals surface area contributed by atoms with Crippen LogP contribution in [0.4, 0.5) is 0 Å². The molecule has 4 bridgehead atoms. The molecule has 4 aliphatic carbocycles. The molecule has 5 nitrogen and oxygen atoms in total. The fourth-order valence-electron chi connectivity index (χ4n) is 6.44. The second-order valence-corrected chi connectivity index (χ2v) is 9.72. The van der Waals surface area contributed by atoms with Crippen molar-refractivity contribution in [3.8, 4) is 11.3 Å². The predicted octanol–water partition coefficient (Wildman–Crippen LogP) is 3.76. The third-order valence-corrected chi connectivity index (χ3v) is 7.84. The molecular formula is C23H26ClN3O2. The van der Waals surface area contributed by atoms with Gasteiger partial charge in [0.15, 0.2) is 0 Å². The molecule has 1 heterocycles. The van der Waals surface area contributed by atoms with Crippen molar-refractivity contribution in [2.45, 2.75) is 38.1 Å². The van der Waals surface area contributed by atoms with Crippen LogP contribution in [0.1, 0.15) is 42.6 Å².